The molecule has 0 radical (unpaired) electrons. The van der Waals surface area contributed by atoms with Gasteiger partial charge in [0.25, 0.3) is 0 Å². The monoisotopic (exact) mass is 273 g/mol. The molecule has 0 aliphatic carbocycles. The van der Waals surface area contributed by atoms with Crippen molar-refractivity contribution in [3.05, 3.63) is 41.2 Å². The largest absolute Gasteiger partial charge is 0.330 e. The van der Waals surface area contributed by atoms with Gasteiger partial charge >= 0.3 is 0 Å². The first-order valence-corrected chi connectivity index (χ1v) is 6.54. The van der Waals surface area contributed by atoms with Crippen molar-refractivity contribution in [2.75, 3.05) is 11.9 Å². The second-order valence-corrected chi connectivity index (χ2v) is 4.81. The molecule has 1 heterocycles. The van der Waals surface area contributed by atoms with E-state index in [9.17, 15) is 4.79 Å². The van der Waals surface area contributed by atoms with Crippen molar-refractivity contribution in [2.45, 2.75) is 26.8 Å². The number of nitrogens with zero attached hydrogens (tertiary/aromatic N) is 3. The molecule has 0 aliphatic heterocycles. The van der Waals surface area contributed by atoms with Crippen LogP contribution in [0.5, 0.6) is 0 Å². The molecule has 0 atom stereocenters. The molecule has 0 fully saturated rings. The summed E-state index contributed by atoms with van der Waals surface area (Å²) in [5.74, 6) is -0.124. The molecule has 0 unspecified atom stereocenters. The first kappa shape index (κ1) is 14.2. The molecular weight excluding hydrogens is 254 g/mol. The number of carbonyl (C=O) groups excluding carboxylic acids is 1. The van der Waals surface area contributed by atoms with E-state index >= 15 is 0 Å². The third-order valence-electron chi connectivity index (χ3n) is 2.95. The summed E-state index contributed by atoms with van der Waals surface area (Å²) in [6.07, 6.45) is 2.41. The highest BCUT2D eigenvalue weighted by Gasteiger charge is 2.07. The molecular formula is C14H19N5O. The number of benzene rings is 1. The number of aryl methyl sites for hydroxylation is 2. The molecule has 6 nitrogen and oxygen atoms in total. The number of rotatable bonds is 5. The predicted molar refractivity (Wildman–Crippen MR) is 77.3 cm³/mol. The molecule has 0 spiro atoms. The van der Waals surface area contributed by atoms with Gasteiger partial charge in [0.1, 0.15) is 6.54 Å². The lowest BCUT2D eigenvalue weighted by molar-refractivity contribution is -0.116. The molecule has 106 valence electrons. The molecule has 3 N–H and O–H groups in total. The quantitative estimate of drug-likeness (QED) is 0.852. The van der Waals surface area contributed by atoms with Crippen molar-refractivity contribution < 1.29 is 4.79 Å². The molecule has 1 aromatic heterocycles. The highest BCUT2D eigenvalue weighted by molar-refractivity contribution is 5.91. The van der Waals surface area contributed by atoms with Crippen LogP contribution in [0.15, 0.2) is 24.4 Å². The van der Waals surface area contributed by atoms with Crippen LogP contribution >= 0.6 is 0 Å². The van der Waals surface area contributed by atoms with Crippen LogP contribution in [-0.4, -0.2) is 27.4 Å². The fraction of sp³-hybridized carbons (Fsp3) is 0.357. The third-order valence-corrected chi connectivity index (χ3v) is 2.95. The zero-order valence-electron chi connectivity index (χ0n) is 11.8. The van der Waals surface area contributed by atoms with E-state index < -0.39 is 0 Å². The average Bonchev–Trinajstić information content (AvgIpc) is 2.81. The van der Waals surface area contributed by atoms with Crippen molar-refractivity contribution in [3.63, 3.8) is 0 Å². The van der Waals surface area contributed by atoms with E-state index in [1.165, 1.54) is 10.2 Å². The van der Waals surface area contributed by atoms with Crippen molar-refractivity contribution in [3.8, 4) is 0 Å². The fourth-order valence-electron chi connectivity index (χ4n) is 1.97. The van der Waals surface area contributed by atoms with Crippen LogP contribution < -0.4 is 11.1 Å². The molecule has 1 aromatic carbocycles. The number of nitrogens with two attached hydrogens (primary N) is 1. The van der Waals surface area contributed by atoms with E-state index in [0.717, 1.165) is 16.9 Å². The van der Waals surface area contributed by atoms with E-state index in [2.05, 4.69) is 15.6 Å². The van der Waals surface area contributed by atoms with Gasteiger partial charge in [-0.05, 0) is 32.0 Å². The van der Waals surface area contributed by atoms with Gasteiger partial charge < -0.3 is 11.1 Å². The van der Waals surface area contributed by atoms with E-state index in [4.69, 9.17) is 5.73 Å². The van der Waals surface area contributed by atoms with Crippen molar-refractivity contribution >= 4 is 11.6 Å². The van der Waals surface area contributed by atoms with Crippen LogP contribution in [0.25, 0.3) is 0 Å². The van der Waals surface area contributed by atoms with Gasteiger partial charge in [-0.3, -0.25) is 4.79 Å². The fourth-order valence-corrected chi connectivity index (χ4v) is 1.97. The van der Waals surface area contributed by atoms with Gasteiger partial charge in [-0.15, -0.1) is 5.10 Å². The molecule has 6 heteroatoms. The van der Waals surface area contributed by atoms with Crippen LogP contribution in [0.3, 0.4) is 0 Å². The minimum absolute atomic E-state index is 0.124. The second kappa shape index (κ2) is 6.29. The standard InChI is InChI=1S/C14H19N5O/c1-10-3-4-13(11(2)7-10)16-14(20)9-19-8-12(5-6-15)17-18-19/h3-4,7-8H,5-6,9,15H2,1-2H3,(H,16,20). The number of hydrogen-bond acceptors (Lipinski definition) is 4. The maximum atomic E-state index is 12.0. The summed E-state index contributed by atoms with van der Waals surface area (Å²) in [6.45, 7) is 4.66. The van der Waals surface area contributed by atoms with E-state index in [0.29, 0.717) is 13.0 Å². The SMILES string of the molecule is Cc1ccc(NC(=O)Cn2cc(CCN)nn2)c(C)c1. The van der Waals surface area contributed by atoms with Gasteiger partial charge in [-0.25, -0.2) is 4.68 Å². The molecule has 20 heavy (non-hydrogen) atoms. The Kier molecular flexibility index (Phi) is 4.47. The summed E-state index contributed by atoms with van der Waals surface area (Å²) in [6, 6.07) is 5.91. The summed E-state index contributed by atoms with van der Waals surface area (Å²) in [5, 5.41) is 10.7. The third kappa shape index (κ3) is 3.64. The summed E-state index contributed by atoms with van der Waals surface area (Å²) >= 11 is 0. The summed E-state index contributed by atoms with van der Waals surface area (Å²) in [7, 11) is 0. The molecule has 0 bridgehead atoms. The number of hydrogen-bond donors (Lipinski definition) is 2. The van der Waals surface area contributed by atoms with Gasteiger partial charge in [0.2, 0.25) is 5.91 Å². The Morgan fingerprint density at radius 1 is 1.40 bits per heavy atom. The van der Waals surface area contributed by atoms with Crippen molar-refractivity contribution in [2.24, 2.45) is 5.73 Å². The number of aromatic nitrogens is 3. The van der Waals surface area contributed by atoms with Gasteiger partial charge in [-0.2, -0.15) is 0 Å². The first-order valence-electron chi connectivity index (χ1n) is 6.54. The lowest BCUT2D eigenvalue weighted by Gasteiger charge is -2.08. The number of anilines is 1. The highest BCUT2D eigenvalue weighted by Crippen LogP contribution is 2.15. The van der Waals surface area contributed by atoms with Crippen molar-refractivity contribution in [1.82, 2.24) is 15.0 Å². The van der Waals surface area contributed by atoms with E-state index in [1.54, 1.807) is 6.20 Å². The van der Waals surface area contributed by atoms with Crippen molar-refractivity contribution in [1.29, 1.82) is 0 Å². The first-order chi connectivity index (χ1) is 9.58. The molecule has 0 saturated heterocycles. The Morgan fingerprint density at radius 2 is 2.20 bits per heavy atom. The van der Waals surface area contributed by atoms with Crippen LogP contribution in [-0.2, 0) is 17.8 Å². The smallest absolute Gasteiger partial charge is 0.246 e. The van der Waals surface area contributed by atoms with Gasteiger partial charge in [0.05, 0.1) is 5.69 Å². The molecule has 0 aliphatic rings. The Balaban J connectivity index is 1.97. The number of amides is 1. The van der Waals surface area contributed by atoms with Crippen LogP contribution in [0.2, 0.25) is 0 Å². The normalized spacial score (nSPS) is 10.6. The summed E-state index contributed by atoms with van der Waals surface area (Å²) < 4.78 is 1.52. The van der Waals surface area contributed by atoms with Gasteiger partial charge in [0, 0.05) is 18.3 Å². The lowest BCUT2D eigenvalue weighted by Crippen LogP contribution is -2.19. The Bertz CT molecular complexity index is 605. The molecule has 2 aromatic rings. The maximum absolute atomic E-state index is 12.0. The minimum atomic E-state index is -0.124. The van der Waals surface area contributed by atoms with E-state index in [1.807, 2.05) is 32.0 Å². The highest BCUT2D eigenvalue weighted by atomic mass is 16.2. The Morgan fingerprint density at radius 3 is 2.90 bits per heavy atom. The number of nitrogens with one attached hydrogen (secondary N) is 1. The topological polar surface area (TPSA) is 85.8 Å². The summed E-state index contributed by atoms with van der Waals surface area (Å²) in [4.78, 5) is 12.0. The van der Waals surface area contributed by atoms with Crippen LogP contribution in [0, 0.1) is 13.8 Å². The van der Waals surface area contributed by atoms with Gasteiger partial charge in [-0.1, -0.05) is 22.9 Å². The lowest BCUT2D eigenvalue weighted by atomic mass is 10.1. The van der Waals surface area contributed by atoms with Gasteiger partial charge in [0.15, 0.2) is 0 Å². The summed E-state index contributed by atoms with van der Waals surface area (Å²) in [5.41, 5.74) is 9.28. The zero-order chi connectivity index (χ0) is 14.5. The molecule has 1 amide bonds. The second-order valence-electron chi connectivity index (χ2n) is 4.81. The molecule has 0 saturated carbocycles. The maximum Gasteiger partial charge on any atom is 0.246 e. The van der Waals surface area contributed by atoms with Crippen LogP contribution in [0.1, 0.15) is 16.8 Å². The van der Waals surface area contributed by atoms with Crippen LogP contribution in [0.4, 0.5) is 5.69 Å². The average molecular weight is 273 g/mol. The number of carbonyl (C=O) groups is 1. The Hall–Kier alpha value is -2.21. The van der Waals surface area contributed by atoms with E-state index in [-0.39, 0.29) is 12.5 Å². The Labute approximate surface area is 118 Å². The zero-order valence-corrected chi connectivity index (χ0v) is 11.8. The predicted octanol–water partition coefficient (Wildman–Crippen LogP) is 1.03. The minimum Gasteiger partial charge on any atom is -0.330 e. The molecule has 2 rings (SSSR count).